The van der Waals surface area contributed by atoms with Crippen molar-refractivity contribution in [3.8, 4) is 0 Å². The quantitative estimate of drug-likeness (QED) is 0.834. The van der Waals surface area contributed by atoms with Crippen LogP contribution in [0.5, 0.6) is 0 Å². The van der Waals surface area contributed by atoms with E-state index in [0.29, 0.717) is 17.9 Å². The Morgan fingerprint density at radius 1 is 1.14 bits per heavy atom. The molecule has 0 spiro atoms. The van der Waals surface area contributed by atoms with E-state index < -0.39 is 0 Å². The van der Waals surface area contributed by atoms with Crippen molar-refractivity contribution in [1.82, 2.24) is 4.90 Å². The van der Waals surface area contributed by atoms with Crippen molar-refractivity contribution in [2.24, 2.45) is 23.5 Å². The number of rotatable bonds is 4. The Hall–Kier alpha value is -1.43. The zero-order chi connectivity index (χ0) is 19.7. The third-order valence-electron chi connectivity index (χ3n) is 6.95. The summed E-state index contributed by atoms with van der Waals surface area (Å²) in [5.41, 5.74) is 8.55. The van der Waals surface area contributed by atoms with Gasteiger partial charge in [0.1, 0.15) is 0 Å². The van der Waals surface area contributed by atoms with Crippen LogP contribution in [0.4, 0.5) is 5.69 Å². The standard InChI is InChI=1S/C23H35N3O2/c1-15-12-26(13-16(2)28-15)14-19-6-3-4-9-21(19)25-23(27)20-10-17-7-5-8-18(11-20)22(17)24/h3-4,6,9,15-18,20,22H,5,7-8,10-14,24H2,1-2H3,(H,25,27). The van der Waals surface area contributed by atoms with Crippen molar-refractivity contribution < 1.29 is 9.53 Å². The predicted molar refractivity (Wildman–Crippen MR) is 112 cm³/mol. The number of amides is 1. The molecule has 1 aromatic rings. The number of nitrogens with zero attached hydrogens (tertiary/aromatic N) is 1. The van der Waals surface area contributed by atoms with Gasteiger partial charge < -0.3 is 15.8 Å². The Kier molecular flexibility index (Phi) is 6.04. The lowest BCUT2D eigenvalue weighted by Gasteiger charge is -2.43. The third kappa shape index (κ3) is 4.42. The summed E-state index contributed by atoms with van der Waals surface area (Å²) < 4.78 is 5.85. The van der Waals surface area contributed by atoms with Crippen LogP contribution >= 0.6 is 0 Å². The van der Waals surface area contributed by atoms with Gasteiger partial charge in [-0.25, -0.2) is 0 Å². The second kappa shape index (κ2) is 8.52. The summed E-state index contributed by atoms with van der Waals surface area (Å²) in [6.07, 6.45) is 6.04. The monoisotopic (exact) mass is 385 g/mol. The Labute approximate surface area is 169 Å². The van der Waals surface area contributed by atoms with Crippen LogP contribution < -0.4 is 11.1 Å². The summed E-state index contributed by atoms with van der Waals surface area (Å²) in [7, 11) is 0. The summed E-state index contributed by atoms with van der Waals surface area (Å²) in [4.78, 5) is 15.5. The van der Waals surface area contributed by atoms with Crippen LogP contribution in [0.2, 0.25) is 0 Å². The number of carbonyl (C=O) groups is 1. The number of carbonyl (C=O) groups excluding carboxylic acids is 1. The van der Waals surface area contributed by atoms with Crippen molar-refractivity contribution in [3.05, 3.63) is 29.8 Å². The highest BCUT2D eigenvalue weighted by Gasteiger charge is 2.40. The number of morpholine rings is 1. The van der Waals surface area contributed by atoms with Gasteiger partial charge in [-0.15, -0.1) is 0 Å². The summed E-state index contributed by atoms with van der Waals surface area (Å²) in [6, 6.07) is 8.54. The normalized spacial score (nSPS) is 36.1. The molecule has 4 atom stereocenters. The number of nitrogens with one attached hydrogen (secondary N) is 1. The molecule has 1 aliphatic heterocycles. The first kappa shape index (κ1) is 19.9. The molecule has 3 fully saturated rings. The van der Waals surface area contributed by atoms with Gasteiger partial charge in [0.05, 0.1) is 12.2 Å². The molecule has 2 aliphatic carbocycles. The van der Waals surface area contributed by atoms with Crippen molar-refractivity contribution >= 4 is 11.6 Å². The molecule has 3 aliphatic rings. The number of para-hydroxylation sites is 1. The summed E-state index contributed by atoms with van der Waals surface area (Å²) in [6.45, 7) is 6.95. The van der Waals surface area contributed by atoms with Gasteiger partial charge in [0.2, 0.25) is 5.91 Å². The summed E-state index contributed by atoms with van der Waals surface area (Å²) in [5.74, 6) is 1.33. The first-order chi connectivity index (χ1) is 13.5. The Bertz CT molecular complexity index is 670. The maximum Gasteiger partial charge on any atom is 0.227 e. The number of hydrogen-bond acceptors (Lipinski definition) is 4. The molecule has 4 rings (SSSR count). The fraction of sp³-hybridized carbons (Fsp3) is 0.696. The first-order valence-electron chi connectivity index (χ1n) is 11.0. The number of ether oxygens (including phenoxy) is 1. The fourth-order valence-electron chi connectivity index (χ4n) is 5.67. The minimum Gasteiger partial charge on any atom is -0.373 e. The van der Waals surface area contributed by atoms with E-state index in [4.69, 9.17) is 10.5 Å². The lowest BCUT2D eigenvalue weighted by molar-refractivity contribution is -0.122. The minimum absolute atomic E-state index is 0.103. The van der Waals surface area contributed by atoms with Crippen LogP contribution in [0, 0.1) is 17.8 Å². The highest BCUT2D eigenvalue weighted by atomic mass is 16.5. The van der Waals surface area contributed by atoms with Crippen molar-refractivity contribution in [1.29, 1.82) is 0 Å². The average Bonchev–Trinajstić information content (AvgIpc) is 2.62. The fourth-order valence-corrected chi connectivity index (χ4v) is 5.67. The Balaban J connectivity index is 1.41. The molecule has 3 N–H and O–H groups in total. The minimum atomic E-state index is 0.103. The molecule has 1 amide bonds. The highest BCUT2D eigenvalue weighted by Crippen LogP contribution is 2.42. The molecule has 0 radical (unpaired) electrons. The van der Waals surface area contributed by atoms with Gasteiger partial charge in [-0.1, -0.05) is 24.6 Å². The van der Waals surface area contributed by atoms with E-state index in [1.807, 2.05) is 12.1 Å². The molecule has 28 heavy (non-hydrogen) atoms. The van der Waals surface area contributed by atoms with E-state index >= 15 is 0 Å². The number of anilines is 1. The van der Waals surface area contributed by atoms with Crippen LogP contribution in [-0.4, -0.2) is 42.1 Å². The SMILES string of the molecule is CC1CN(Cc2ccccc2NC(=O)C2CC3CCCC(C2)C3N)CC(C)O1. The van der Waals surface area contributed by atoms with Crippen LogP contribution in [-0.2, 0) is 16.1 Å². The highest BCUT2D eigenvalue weighted by molar-refractivity contribution is 5.93. The molecule has 5 nitrogen and oxygen atoms in total. The van der Waals surface area contributed by atoms with Gasteiger partial charge >= 0.3 is 0 Å². The molecule has 2 bridgehead atoms. The number of fused-ring (bicyclic) bond motifs is 2. The van der Waals surface area contributed by atoms with E-state index in [0.717, 1.165) is 38.2 Å². The predicted octanol–water partition coefficient (Wildman–Crippen LogP) is 3.39. The van der Waals surface area contributed by atoms with E-state index in [1.165, 1.54) is 24.8 Å². The second-order valence-electron chi connectivity index (χ2n) is 9.29. The molecule has 4 unspecified atom stereocenters. The maximum absolute atomic E-state index is 13.1. The van der Waals surface area contributed by atoms with Gasteiger partial charge in [-0.05, 0) is 63.0 Å². The van der Waals surface area contributed by atoms with Gasteiger partial charge in [0, 0.05) is 37.3 Å². The molecule has 2 saturated carbocycles. The lowest BCUT2D eigenvalue weighted by Crippen LogP contribution is -2.48. The number of nitrogens with two attached hydrogens (primary N) is 1. The molecule has 1 saturated heterocycles. The first-order valence-corrected chi connectivity index (χ1v) is 11.0. The smallest absolute Gasteiger partial charge is 0.227 e. The maximum atomic E-state index is 13.1. The Morgan fingerprint density at radius 3 is 2.46 bits per heavy atom. The van der Waals surface area contributed by atoms with Crippen molar-refractivity contribution in [3.63, 3.8) is 0 Å². The average molecular weight is 386 g/mol. The molecule has 5 heteroatoms. The largest absolute Gasteiger partial charge is 0.373 e. The molecule has 0 aromatic heterocycles. The zero-order valence-electron chi connectivity index (χ0n) is 17.3. The topological polar surface area (TPSA) is 67.6 Å². The van der Waals surface area contributed by atoms with E-state index in [2.05, 4.69) is 36.2 Å². The lowest BCUT2D eigenvalue weighted by atomic mass is 9.65. The molecular formula is C23H35N3O2. The van der Waals surface area contributed by atoms with Crippen LogP contribution in [0.3, 0.4) is 0 Å². The van der Waals surface area contributed by atoms with Crippen LogP contribution in [0.1, 0.15) is 51.5 Å². The van der Waals surface area contributed by atoms with Gasteiger partial charge in [-0.2, -0.15) is 0 Å². The summed E-state index contributed by atoms with van der Waals surface area (Å²) >= 11 is 0. The molecule has 1 aromatic carbocycles. The van der Waals surface area contributed by atoms with E-state index in [-0.39, 0.29) is 24.0 Å². The summed E-state index contributed by atoms with van der Waals surface area (Å²) in [5, 5.41) is 3.26. The van der Waals surface area contributed by atoms with Crippen molar-refractivity contribution in [2.75, 3.05) is 18.4 Å². The number of benzene rings is 1. The Morgan fingerprint density at radius 2 is 1.79 bits per heavy atom. The number of hydrogen-bond donors (Lipinski definition) is 2. The van der Waals surface area contributed by atoms with Gasteiger partial charge in [-0.3, -0.25) is 9.69 Å². The molecule has 1 heterocycles. The second-order valence-corrected chi connectivity index (χ2v) is 9.29. The third-order valence-corrected chi connectivity index (χ3v) is 6.95. The zero-order valence-corrected chi connectivity index (χ0v) is 17.3. The van der Waals surface area contributed by atoms with Crippen LogP contribution in [0.25, 0.3) is 0 Å². The van der Waals surface area contributed by atoms with E-state index in [9.17, 15) is 4.79 Å². The van der Waals surface area contributed by atoms with Gasteiger partial charge in [0.25, 0.3) is 0 Å². The molecule has 154 valence electrons. The van der Waals surface area contributed by atoms with Gasteiger partial charge in [0.15, 0.2) is 0 Å². The molecular weight excluding hydrogens is 350 g/mol. The van der Waals surface area contributed by atoms with E-state index in [1.54, 1.807) is 0 Å². The van der Waals surface area contributed by atoms with Crippen molar-refractivity contribution in [2.45, 2.75) is 70.7 Å². The van der Waals surface area contributed by atoms with Crippen LogP contribution in [0.15, 0.2) is 24.3 Å².